The van der Waals surface area contributed by atoms with Crippen LogP contribution < -0.4 is 10.9 Å². The number of hydrogen-bond donors (Lipinski definition) is 2. The molecule has 0 aliphatic carbocycles. The van der Waals surface area contributed by atoms with Gasteiger partial charge >= 0.3 is 0 Å². The molecule has 3 aromatic carbocycles. The average molecular weight is 348 g/mol. The van der Waals surface area contributed by atoms with E-state index in [-0.39, 0.29) is 21.7 Å². The maximum absolute atomic E-state index is 14.1. The Morgan fingerprint density at radius 1 is 0.654 bits per heavy atom. The Balaban J connectivity index is 2.03. The van der Waals surface area contributed by atoms with Crippen molar-refractivity contribution in [3.8, 4) is 0 Å². The molecule has 0 saturated heterocycles. The van der Waals surface area contributed by atoms with Gasteiger partial charge in [-0.1, -0.05) is 12.1 Å². The van der Waals surface area contributed by atoms with Gasteiger partial charge in [0.05, 0.1) is 21.9 Å². The molecule has 0 aliphatic heterocycles. The zero-order chi connectivity index (χ0) is 18.0. The maximum atomic E-state index is 14.1. The minimum atomic E-state index is -1.18. The van der Waals surface area contributed by atoms with E-state index in [1.807, 2.05) is 0 Å². The molecule has 0 unspecified atom stereocenters. The van der Waals surface area contributed by atoms with E-state index in [2.05, 4.69) is 9.97 Å². The quantitative estimate of drug-likeness (QED) is 0.416. The second kappa shape index (κ2) is 4.98. The number of pyridine rings is 2. The van der Waals surface area contributed by atoms with Gasteiger partial charge in [-0.2, -0.15) is 0 Å². The highest BCUT2D eigenvalue weighted by Crippen LogP contribution is 2.23. The van der Waals surface area contributed by atoms with Crippen LogP contribution in [0.5, 0.6) is 0 Å². The van der Waals surface area contributed by atoms with Crippen molar-refractivity contribution in [3.63, 3.8) is 0 Å². The average Bonchev–Trinajstić information content (AvgIpc) is 2.64. The summed E-state index contributed by atoms with van der Waals surface area (Å²) in [6.07, 6.45) is 0. The zero-order valence-corrected chi connectivity index (χ0v) is 13.2. The summed E-state index contributed by atoms with van der Waals surface area (Å²) in [5.41, 5.74) is 0.880. The van der Waals surface area contributed by atoms with E-state index >= 15 is 0 Å². The molecular weight excluding hydrogens is 338 g/mol. The van der Waals surface area contributed by atoms with E-state index in [9.17, 15) is 18.4 Å². The van der Waals surface area contributed by atoms with Gasteiger partial charge in [0.1, 0.15) is 0 Å². The van der Waals surface area contributed by atoms with Gasteiger partial charge in [-0.3, -0.25) is 9.59 Å². The van der Waals surface area contributed by atoms with Gasteiger partial charge in [-0.15, -0.1) is 0 Å². The van der Waals surface area contributed by atoms with Crippen LogP contribution in [-0.2, 0) is 0 Å². The first-order valence-electron chi connectivity index (χ1n) is 7.93. The molecule has 5 rings (SSSR count). The van der Waals surface area contributed by atoms with Gasteiger partial charge in [-0.05, 0) is 36.4 Å². The normalized spacial score (nSPS) is 11.8. The molecule has 0 saturated carbocycles. The highest BCUT2D eigenvalue weighted by molar-refractivity contribution is 6.02. The van der Waals surface area contributed by atoms with Crippen molar-refractivity contribution < 1.29 is 8.78 Å². The summed E-state index contributed by atoms with van der Waals surface area (Å²) in [5, 5.41) is 0.796. The molecule has 0 atom stereocenters. The van der Waals surface area contributed by atoms with Crippen molar-refractivity contribution in [2.24, 2.45) is 0 Å². The van der Waals surface area contributed by atoms with Crippen LogP contribution in [0.25, 0.3) is 43.6 Å². The topological polar surface area (TPSA) is 65.7 Å². The molecule has 0 fully saturated rings. The number of aromatic nitrogens is 2. The van der Waals surface area contributed by atoms with Crippen molar-refractivity contribution in [3.05, 3.63) is 80.6 Å². The Morgan fingerprint density at radius 3 is 2.08 bits per heavy atom. The number of rotatable bonds is 0. The van der Waals surface area contributed by atoms with Crippen LogP contribution >= 0.6 is 0 Å². The lowest BCUT2D eigenvalue weighted by atomic mass is 10.1. The Hall–Kier alpha value is -3.54. The van der Waals surface area contributed by atoms with Crippen molar-refractivity contribution in [2.45, 2.75) is 0 Å². The third-order valence-electron chi connectivity index (χ3n) is 4.68. The number of nitrogens with one attached hydrogen (secondary N) is 2. The van der Waals surface area contributed by atoms with E-state index in [0.29, 0.717) is 27.3 Å². The molecule has 4 nitrogen and oxygen atoms in total. The summed E-state index contributed by atoms with van der Waals surface area (Å²) in [6.45, 7) is 0. The molecule has 0 amide bonds. The minimum Gasteiger partial charge on any atom is -0.354 e. The highest BCUT2D eigenvalue weighted by atomic mass is 19.2. The lowest BCUT2D eigenvalue weighted by Crippen LogP contribution is -2.09. The lowest BCUT2D eigenvalue weighted by molar-refractivity contribution is 0.516. The standard InChI is InChI=1S/C20H10F2N2O2/c21-12-5-6-14-17(18(12)22)20(26)11-8-15-10(7-16(11)24-14)19(25)9-3-1-2-4-13(9)23-15/h1-8H,(H,23,25)(H,24,26). The van der Waals surface area contributed by atoms with Gasteiger partial charge in [0, 0.05) is 21.7 Å². The van der Waals surface area contributed by atoms with Gasteiger partial charge in [-0.25, -0.2) is 8.78 Å². The zero-order valence-electron chi connectivity index (χ0n) is 13.2. The Labute approximate surface area is 143 Å². The summed E-state index contributed by atoms with van der Waals surface area (Å²) < 4.78 is 27.7. The van der Waals surface area contributed by atoms with Crippen LogP contribution in [0.2, 0.25) is 0 Å². The van der Waals surface area contributed by atoms with Crippen LogP contribution in [0.4, 0.5) is 8.78 Å². The van der Waals surface area contributed by atoms with Crippen LogP contribution in [0, 0.1) is 11.6 Å². The number of hydrogen-bond acceptors (Lipinski definition) is 2. The largest absolute Gasteiger partial charge is 0.354 e. The van der Waals surface area contributed by atoms with Gasteiger partial charge in [0.2, 0.25) is 0 Å². The molecule has 2 aromatic heterocycles. The molecule has 126 valence electrons. The number of H-pyrrole nitrogens is 2. The first kappa shape index (κ1) is 14.8. The van der Waals surface area contributed by atoms with Gasteiger partial charge < -0.3 is 9.97 Å². The van der Waals surface area contributed by atoms with E-state index in [0.717, 1.165) is 6.07 Å². The third kappa shape index (κ3) is 1.86. The fraction of sp³-hybridized carbons (Fsp3) is 0. The van der Waals surface area contributed by atoms with Crippen LogP contribution in [0.15, 0.2) is 58.1 Å². The van der Waals surface area contributed by atoms with Gasteiger partial charge in [0.15, 0.2) is 22.5 Å². The number of para-hydroxylation sites is 1. The fourth-order valence-electron chi connectivity index (χ4n) is 3.42. The SMILES string of the molecule is O=c1c2ccccc2[nH]c2cc3c(=O)c4c(F)c(F)ccc4[nH]c3cc12. The monoisotopic (exact) mass is 348 g/mol. The van der Waals surface area contributed by atoms with Crippen molar-refractivity contribution in [1.82, 2.24) is 9.97 Å². The summed E-state index contributed by atoms with van der Waals surface area (Å²) in [7, 11) is 0. The predicted molar refractivity (Wildman–Crippen MR) is 97.6 cm³/mol. The first-order valence-corrected chi connectivity index (χ1v) is 7.93. The second-order valence-corrected chi connectivity index (χ2v) is 6.18. The molecule has 2 heterocycles. The summed E-state index contributed by atoms with van der Waals surface area (Å²) in [5.74, 6) is -2.26. The highest BCUT2D eigenvalue weighted by Gasteiger charge is 2.15. The maximum Gasteiger partial charge on any atom is 0.200 e. The molecule has 0 aliphatic rings. The fourth-order valence-corrected chi connectivity index (χ4v) is 3.42. The molecule has 0 bridgehead atoms. The van der Waals surface area contributed by atoms with Crippen LogP contribution in [-0.4, -0.2) is 9.97 Å². The Kier molecular flexibility index (Phi) is 2.83. The van der Waals surface area contributed by atoms with E-state index in [1.165, 1.54) is 12.1 Å². The third-order valence-corrected chi connectivity index (χ3v) is 4.68. The molecule has 2 N–H and O–H groups in total. The molecule has 0 radical (unpaired) electrons. The first-order chi connectivity index (χ1) is 12.5. The number of aromatic amines is 2. The molecular formula is C20H10F2N2O2. The number of halogens is 2. The molecule has 5 aromatic rings. The van der Waals surface area contributed by atoms with Crippen molar-refractivity contribution in [2.75, 3.05) is 0 Å². The number of fused-ring (bicyclic) bond motifs is 4. The summed E-state index contributed by atoms with van der Waals surface area (Å²) >= 11 is 0. The van der Waals surface area contributed by atoms with Crippen LogP contribution in [0.3, 0.4) is 0 Å². The summed E-state index contributed by atoms with van der Waals surface area (Å²) in [4.78, 5) is 31.5. The Bertz CT molecular complexity index is 1500. The van der Waals surface area contributed by atoms with Gasteiger partial charge in [0.25, 0.3) is 0 Å². The molecule has 6 heteroatoms. The smallest absolute Gasteiger partial charge is 0.200 e. The number of benzene rings is 3. The molecule has 0 spiro atoms. The van der Waals surface area contributed by atoms with Crippen LogP contribution in [0.1, 0.15) is 0 Å². The van der Waals surface area contributed by atoms with Crippen molar-refractivity contribution >= 4 is 43.6 Å². The lowest BCUT2D eigenvalue weighted by Gasteiger charge is -2.07. The Morgan fingerprint density at radius 2 is 1.31 bits per heavy atom. The minimum absolute atomic E-state index is 0.164. The predicted octanol–water partition coefficient (Wildman–Crippen LogP) is 3.95. The molecule has 26 heavy (non-hydrogen) atoms. The van der Waals surface area contributed by atoms with E-state index in [4.69, 9.17) is 0 Å². The van der Waals surface area contributed by atoms with E-state index < -0.39 is 17.1 Å². The van der Waals surface area contributed by atoms with Crippen molar-refractivity contribution in [1.29, 1.82) is 0 Å². The van der Waals surface area contributed by atoms with E-state index in [1.54, 1.807) is 30.3 Å². The summed E-state index contributed by atoms with van der Waals surface area (Å²) in [6, 6.07) is 12.4. The second-order valence-electron chi connectivity index (χ2n) is 6.18.